The molecule has 1 atom stereocenters. The van der Waals surface area contributed by atoms with Crippen LogP contribution in [0.15, 0.2) is 42.5 Å². The number of carboxylic acids is 1. The van der Waals surface area contributed by atoms with Crippen LogP contribution in [0.4, 0.5) is 0 Å². The molecule has 0 spiro atoms. The SMILES string of the molecule is CCC(CC)(c1ccc(/C=C/C2(O)CCC2)c(C)c1)c1ccc(OC[C@H](O)CCC(=O)O)c(C)c1. The van der Waals surface area contributed by atoms with E-state index in [1.54, 1.807) is 0 Å². The number of hydrogen-bond donors (Lipinski definition) is 3. The van der Waals surface area contributed by atoms with Crippen molar-refractivity contribution in [2.75, 3.05) is 6.61 Å². The Labute approximate surface area is 209 Å². The Morgan fingerprint density at radius 3 is 2.23 bits per heavy atom. The average molecular weight is 481 g/mol. The van der Waals surface area contributed by atoms with Crippen LogP contribution in [0.5, 0.6) is 5.75 Å². The van der Waals surface area contributed by atoms with Crippen LogP contribution >= 0.6 is 0 Å². The van der Waals surface area contributed by atoms with Gasteiger partial charge in [-0.25, -0.2) is 0 Å². The van der Waals surface area contributed by atoms with E-state index in [0.29, 0.717) is 5.75 Å². The van der Waals surface area contributed by atoms with Gasteiger partial charge >= 0.3 is 5.97 Å². The van der Waals surface area contributed by atoms with E-state index in [1.165, 1.54) is 16.7 Å². The predicted octanol–water partition coefficient (Wildman–Crippen LogP) is 5.94. The second-order valence-corrected chi connectivity index (χ2v) is 10.0. The van der Waals surface area contributed by atoms with E-state index in [-0.39, 0.29) is 24.9 Å². The summed E-state index contributed by atoms with van der Waals surface area (Å²) in [7, 11) is 0. The first-order chi connectivity index (χ1) is 16.6. The quantitative estimate of drug-likeness (QED) is 0.350. The van der Waals surface area contributed by atoms with Crippen LogP contribution in [0.3, 0.4) is 0 Å². The van der Waals surface area contributed by atoms with Gasteiger partial charge in [0.15, 0.2) is 0 Å². The van der Waals surface area contributed by atoms with Crippen LogP contribution < -0.4 is 4.74 Å². The molecule has 0 saturated heterocycles. The number of aliphatic carboxylic acids is 1. The number of rotatable bonds is 12. The zero-order chi connectivity index (χ0) is 25.6. The average Bonchev–Trinajstić information content (AvgIpc) is 2.81. The Morgan fingerprint density at radius 2 is 1.71 bits per heavy atom. The third-order valence-corrected chi connectivity index (χ3v) is 7.67. The fourth-order valence-electron chi connectivity index (χ4n) is 5.01. The molecule has 0 bridgehead atoms. The zero-order valence-corrected chi connectivity index (χ0v) is 21.5. The van der Waals surface area contributed by atoms with Gasteiger partial charge in [0.05, 0.1) is 11.7 Å². The van der Waals surface area contributed by atoms with Gasteiger partial charge in [0.1, 0.15) is 12.4 Å². The molecular formula is C30H40O5. The van der Waals surface area contributed by atoms with Gasteiger partial charge in [-0.15, -0.1) is 0 Å². The van der Waals surface area contributed by atoms with Crippen LogP contribution in [0.1, 0.15) is 86.6 Å². The summed E-state index contributed by atoms with van der Waals surface area (Å²) in [6, 6.07) is 12.9. The highest BCUT2D eigenvalue weighted by Gasteiger charge is 2.32. The molecule has 3 rings (SSSR count). The van der Waals surface area contributed by atoms with Gasteiger partial charge in [0, 0.05) is 11.8 Å². The van der Waals surface area contributed by atoms with Crippen LogP contribution in [0.2, 0.25) is 0 Å². The summed E-state index contributed by atoms with van der Waals surface area (Å²) >= 11 is 0. The molecule has 0 aliphatic heterocycles. The van der Waals surface area contributed by atoms with Crippen LogP contribution in [-0.2, 0) is 10.2 Å². The number of aliphatic hydroxyl groups is 2. The number of carboxylic acid groups (broad SMARTS) is 1. The largest absolute Gasteiger partial charge is 0.491 e. The number of aliphatic hydroxyl groups excluding tert-OH is 1. The maximum atomic E-state index is 10.7. The lowest BCUT2D eigenvalue weighted by Crippen LogP contribution is -2.33. The minimum Gasteiger partial charge on any atom is -0.491 e. The molecule has 2 aromatic carbocycles. The molecule has 5 heteroatoms. The van der Waals surface area contributed by atoms with Gasteiger partial charge < -0.3 is 20.1 Å². The van der Waals surface area contributed by atoms with Crippen LogP contribution in [0.25, 0.3) is 6.08 Å². The summed E-state index contributed by atoms with van der Waals surface area (Å²) in [5.74, 6) is -0.218. The Morgan fingerprint density at radius 1 is 1.09 bits per heavy atom. The molecule has 0 unspecified atom stereocenters. The monoisotopic (exact) mass is 480 g/mol. The van der Waals surface area contributed by atoms with Gasteiger partial charge in [-0.1, -0.05) is 56.3 Å². The van der Waals surface area contributed by atoms with Crippen molar-refractivity contribution in [3.63, 3.8) is 0 Å². The Kier molecular flexibility index (Phi) is 8.79. The van der Waals surface area contributed by atoms with Gasteiger partial charge in [0.2, 0.25) is 0 Å². The summed E-state index contributed by atoms with van der Waals surface area (Å²) < 4.78 is 5.80. The molecule has 1 saturated carbocycles. The van der Waals surface area contributed by atoms with Gasteiger partial charge in [0.25, 0.3) is 0 Å². The minimum atomic E-state index is -0.921. The topological polar surface area (TPSA) is 87.0 Å². The molecule has 190 valence electrons. The Bertz CT molecular complexity index is 1050. The number of carbonyl (C=O) groups is 1. The summed E-state index contributed by atoms with van der Waals surface area (Å²) in [4.78, 5) is 10.7. The number of aryl methyl sites for hydroxylation is 2. The molecule has 1 aliphatic carbocycles. The highest BCUT2D eigenvalue weighted by molar-refractivity contribution is 5.66. The first-order valence-corrected chi connectivity index (χ1v) is 12.8. The first-order valence-electron chi connectivity index (χ1n) is 12.8. The maximum Gasteiger partial charge on any atom is 0.303 e. The lowest BCUT2D eigenvalue weighted by Gasteiger charge is -2.34. The maximum absolute atomic E-state index is 10.7. The predicted molar refractivity (Wildman–Crippen MR) is 140 cm³/mol. The van der Waals surface area contributed by atoms with E-state index < -0.39 is 17.7 Å². The summed E-state index contributed by atoms with van der Waals surface area (Å²) in [6.45, 7) is 8.64. The molecule has 2 aromatic rings. The van der Waals surface area contributed by atoms with Gasteiger partial charge in [-0.05, 0) is 86.3 Å². The lowest BCUT2D eigenvalue weighted by molar-refractivity contribution is -0.137. The third kappa shape index (κ3) is 6.33. The minimum absolute atomic E-state index is 0.0729. The fraction of sp³-hybridized carbons (Fsp3) is 0.500. The van der Waals surface area contributed by atoms with E-state index >= 15 is 0 Å². The van der Waals surface area contributed by atoms with Crippen molar-refractivity contribution in [3.05, 3.63) is 70.3 Å². The van der Waals surface area contributed by atoms with Crippen molar-refractivity contribution in [2.45, 2.75) is 89.8 Å². The molecule has 5 nitrogen and oxygen atoms in total. The molecule has 3 N–H and O–H groups in total. The van der Waals surface area contributed by atoms with E-state index in [0.717, 1.165) is 43.2 Å². The molecule has 0 amide bonds. The Balaban J connectivity index is 1.80. The standard InChI is InChI=1S/C30H40O5/c1-5-30(6-2,24-9-8-23(21(3)18-24)14-17-29(34)15-7-16-29)25-10-12-27(22(4)19-25)35-20-26(31)11-13-28(32)33/h8-10,12,14,17-19,26,31,34H,5-7,11,13,15-16,20H2,1-4H3,(H,32,33)/b17-14+/t26-/m1/s1. The fourth-order valence-corrected chi connectivity index (χ4v) is 5.01. The highest BCUT2D eigenvalue weighted by Crippen LogP contribution is 2.41. The second kappa shape index (κ2) is 11.4. The molecule has 0 radical (unpaired) electrons. The van der Waals surface area contributed by atoms with Crippen molar-refractivity contribution in [1.82, 2.24) is 0 Å². The zero-order valence-electron chi connectivity index (χ0n) is 21.5. The molecule has 1 aliphatic rings. The smallest absolute Gasteiger partial charge is 0.303 e. The van der Waals surface area contributed by atoms with Crippen molar-refractivity contribution in [2.24, 2.45) is 0 Å². The molecule has 1 fully saturated rings. The van der Waals surface area contributed by atoms with E-state index in [1.807, 2.05) is 19.1 Å². The Hall–Kier alpha value is -2.63. The highest BCUT2D eigenvalue weighted by atomic mass is 16.5. The van der Waals surface area contributed by atoms with Crippen molar-refractivity contribution in [3.8, 4) is 5.75 Å². The van der Waals surface area contributed by atoms with Crippen molar-refractivity contribution >= 4 is 12.0 Å². The van der Waals surface area contributed by atoms with Crippen LogP contribution in [-0.4, -0.2) is 39.6 Å². The molecular weight excluding hydrogens is 440 g/mol. The normalized spacial score (nSPS) is 16.2. The first kappa shape index (κ1) is 27.0. The number of ether oxygens (including phenoxy) is 1. The van der Waals surface area contributed by atoms with Gasteiger partial charge in [-0.3, -0.25) is 4.79 Å². The van der Waals surface area contributed by atoms with E-state index in [2.05, 4.69) is 57.2 Å². The lowest BCUT2D eigenvalue weighted by atomic mass is 9.70. The van der Waals surface area contributed by atoms with Crippen LogP contribution in [0, 0.1) is 13.8 Å². The summed E-state index contributed by atoms with van der Waals surface area (Å²) in [5, 5.41) is 29.2. The number of hydrogen-bond acceptors (Lipinski definition) is 4. The van der Waals surface area contributed by atoms with Gasteiger partial charge in [-0.2, -0.15) is 0 Å². The van der Waals surface area contributed by atoms with E-state index in [9.17, 15) is 15.0 Å². The third-order valence-electron chi connectivity index (χ3n) is 7.67. The van der Waals surface area contributed by atoms with Crippen molar-refractivity contribution in [1.29, 1.82) is 0 Å². The molecule has 35 heavy (non-hydrogen) atoms. The molecule has 0 heterocycles. The summed E-state index contributed by atoms with van der Waals surface area (Å²) in [5.41, 5.74) is 5.06. The summed E-state index contributed by atoms with van der Waals surface area (Å²) in [6.07, 6.45) is 7.96. The molecule has 0 aromatic heterocycles. The van der Waals surface area contributed by atoms with E-state index in [4.69, 9.17) is 9.84 Å². The second-order valence-electron chi connectivity index (χ2n) is 10.0. The van der Waals surface area contributed by atoms with Crippen molar-refractivity contribution < 1.29 is 24.9 Å². The number of benzene rings is 2.